The van der Waals surface area contributed by atoms with Gasteiger partial charge in [0.15, 0.2) is 0 Å². The predicted octanol–water partition coefficient (Wildman–Crippen LogP) is 4.43. The lowest BCUT2D eigenvalue weighted by Gasteiger charge is -2.15. The van der Waals surface area contributed by atoms with Crippen molar-refractivity contribution in [2.75, 3.05) is 6.61 Å². The maximum absolute atomic E-state index is 9.21. The molecule has 1 atom stereocenters. The second kappa shape index (κ2) is 8.06. The summed E-state index contributed by atoms with van der Waals surface area (Å²) in [5.41, 5.74) is 0. The Kier molecular flexibility index (Phi) is 5.36. The molecule has 1 heterocycles. The van der Waals surface area contributed by atoms with Gasteiger partial charge < -0.3 is 19.3 Å². The molecule has 3 aromatic rings. The fraction of sp³-hybridized carbons (Fsp3) is 0.150. The van der Waals surface area contributed by atoms with Gasteiger partial charge in [-0.25, -0.2) is 4.98 Å². The zero-order chi connectivity index (χ0) is 17.5. The average Bonchev–Trinajstić information content (AvgIpc) is 2.64. The lowest BCUT2D eigenvalue weighted by molar-refractivity contribution is 0.138. The van der Waals surface area contributed by atoms with E-state index in [0.29, 0.717) is 12.5 Å². The lowest BCUT2D eigenvalue weighted by Crippen LogP contribution is -2.21. The first-order valence-electron chi connectivity index (χ1n) is 7.96. The number of benzene rings is 2. The van der Waals surface area contributed by atoms with Gasteiger partial charge in [-0.15, -0.1) is 0 Å². The van der Waals surface area contributed by atoms with Crippen molar-refractivity contribution in [2.45, 2.75) is 13.0 Å². The number of aromatic hydroxyl groups is 1. The average molecular weight is 337 g/mol. The van der Waals surface area contributed by atoms with Crippen LogP contribution in [0.15, 0.2) is 72.9 Å². The van der Waals surface area contributed by atoms with Crippen LogP contribution in [0, 0.1) is 0 Å². The summed E-state index contributed by atoms with van der Waals surface area (Å²) < 4.78 is 17.1. The SMILES string of the molecule is CC(COc1ccc(Oc2ccccc2)cc1)Oc1ccc(O)cn1. The van der Waals surface area contributed by atoms with Crippen LogP contribution in [0.4, 0.5) is 0 Å². The number of nitrogens with zero attached hydrogens (tertiary/aromatic N) is 1. The third-order valence-electron chi connectivity index (χ3n) is 3.33. The van der Waals surface area contributed by atoms with Gasteiger partial charge in [0.2, 0.25) is 5.88 Å². The zero-order valence-corrected chi connectivity index (χ0v) is 13.8. The van der Waals surface area contributed by atoms with Gasteiger partial charge in [0, 0.05) is 6.07 Å². The molecule has 0 spiro atoms. The van der Waals surface area contributed by atoms with Crippen LogP contribution in [-0.2, 0) is 0 Å². The van der Waals surface area contributed by atoms with Crippen LogP contribution in [0.5, 0.6) is 28.9 Å². The number of para-hydroxylation sites is 1. The summed E-state index contributed by atoms with van der Waals surface area (Å²) in [6.45, 7) is 2.27. The van der Waals surface area contributed by atoms with Gasteiger partial charge in [-0.3, -0.25) is 0 Å². The van der Waals surface area contributed by atoms with E-state index >= 15 is 0 Å². The molecule has 0 saturated carbocycles. The van der Waals surface area contributed by atoms with E-state index in [1.807, 2.05) is 61.5 Å². The zero-order valence-electron chi connectivity index (χ0n) is 13.8. The van der Waals surface area contributed by atoms with E-state index in [9.17, 15) is 5.11 Å². The van der Waals surface area contributed by atoms with Crippen molar-refractivity contribution >= 4 is 0 Å². The molecule has 25 heavy (non-hydrogen) atoms. The Morgan fingerprint density at radius 1 is 0.880 bits per heavy atom. The number of hydrogen-bond donors (Lipinski definition) is 1. The van der Waals surface area contributed by atoms with E-state index in [4.69, 9.17) is 14.2 Å². The van der Waals surface area contributed by atoms with Crippen LogP contribution in [0.25, 0.3) is 0 Å². The highest BCUT2D eigenvalue weighted by Gasteiger charge is 2.07. The monoisotopic (exact) mass is 337 g/mol. The molecule has 0 aliphatic carbocycles. The van der Waals surface area contributed by atoms with Crippen LogP contribution in [0.1, 0.15) is 6.92 Å². The van der Waals surface area contributed by atoms with Crippen molar-refractivity contribution < 1.29 is 19.3 Å². The van der Waals surface area contributed by atoms with E-state index < -0.39 is 0 Å². The minimum absolute atomic E-state index is 0.106. The molecule has 1 N–H and O–H groups in total. The van der Waals surface area contributed by atoms with E-state index in [-0.39, 0.29) is 11.9 Å². The number of rotatable bonds is 7. The van der Waals surface area contributed by atoms with Gasteiger partial charge in [-0.05, 0) is 49.4 Å². The summed E-state index contributed by atoms with van der Waals surface area (Å²) in [6, 6.07) is 20.2. The molecule has 0 saturated heterocycles. The highest BCUT2D eigenvalue weighted by molar-refractivity contribution is 5.35. The number of hydrogen-bond acceptors (Lipinski definition) is 5. The highest BCUT2D eigenvalue weighted by atomic mass is 16.5. The second-order valence-corrected chi connectivity index (χ2v) is 5.48. The molecule has 1 aromatic heterocycles. The van der Waals surface area contributed by atoms with E-state index in [1.165, 1.54) is 12.3 Å². The minimum Gasteiger partial charge on any atom is -0.506 e. The maximum Gasteiger partial charge on any atom is 0.213 e. The first-order chi connectivity index (χ1) is 12.2. The first kappa shape index (κ1) is 16.6. The Labute approximate surface area is 146 Å². The minimum atomic E-state index is -0.183. The summed E-state index contributed by atoms with van der Waals surface area (Å²) in [4.78, 5) is 3.98. The topological polar surface area (TPSA) is 60.8 Å². The smallest absolute Gasteiger partial charge is 0.213 e. The van der Waals surface area contributed by atoms with Crippen molar-refractivity contribution in [1.29, 1.82) is 0 Å². The maximum atomic E-state index is 9.21. The quantitative estimate of drug-likeness (QED) is 0.691. The molecule has 0 aliphatic heterocycles. The van der Waals surface area contributed by atoms with Crippen LogP contribution < -0.4 is 14.2 Å². The van der Waals surface area contributed by atoms with Crippen molar-refractivity contribution in [3.8, 4) is 28.9 Å². The van der Waals surface area contributed by atoms with Gasteiger partial charge in [0.05, 0.1) is 6.20 Å². The Morgan fingerprint density at radius 3 is 2.24 bits per heavy atom. The van der Waals surface area contributed by atoms with E-state index in [0.717, 1.165) is 17.2 Å². The van der Waals surface area contributed by atoms with Crippen LogP contribution in [0.2, 0.25) is 0 Å². The van der Waals surface area contributed by atoms with Gasteiger partial charge in [0.1, 0.15) is 35.7 Å². The Hall–Kier alpha value is -3.21. The van der Waals surface area contributed by atoms with Crippen molar-refractivity contribution in [3.05, 3.63) is 72.9 Å². The third-order valence-corrected chi connectivity index (χ3v) is 3.33. The summed E-state index contributed by atoms with van der Waals surface area (Å²) in [5.74, 6) is 2.82. The van der Waals surface area contributed by atoms with Crippen LogP contribution in [0.3, 0.4) is 0 Å². The van der Waals surface area contributed by atoms with E-state index in [2.05, 4.69) is 4.98 Å². The number of pyridine rings is 1. The van der Waals surface area contributed by atoms with Crippen LogP contribution in [-0.4, -0.2) is 22.8 Å². The Morgan fingerprint density at radius 2 is 1.56 bits per heavy atom. The molecular weight excluding hydrogens is 318 g/mol. The van der Waals surface area contributed by atoms with Crippen molar-refractivity contribution in [2.24, 2.45) is 0 Å². The van der Waals surface area contributed by atoms with Gasteiger partial charge in [-0.1, -0.05) is 18.2 Å². The van der Waals surface area contributed by atoms with Crippen molar-refractivity contribution in [1.82, 2.24) is 4.98 Å². The fourth-order valence-corrected chi connectivity index (χ4v) is 2.12. The van der Waals surface area contributed by atoms with Gasteiger partial charge in [-0.2, -0.15) is 0 Å². The fourth-order valence-electron chi connectivity index (χ4n) is 2.12. The molecule has 2 aromatic carbocycles. The number of aromatic nitrogens is 1. The molecule has 5 heteroatoms. The standard InChI is InChI=1S/C20H19NO4/c1-15(24-20-12-7-16(22)13-21-20)14-23-17-8-10-19(11-9-17)25-18-5-3-2-4-6-18/h2-13,15,22H,14H2,1H3. The van der Waals surface area contributed by atoms with Crippen LogP contribution >= 0.6 is 0 Å². The summed E-state index contributed by atoms with van der Waals surface area (Å²) in [7, 11) is 0. The van der Waals surface area contributed by atoms with Crippen molar-refractivity contribution in [3.63, 3.8) is 0 Å². The molecule has 0 radical (unpaired) electrons. The molecule has 3 rings (SSSR count). The predicted molar refractivity (Wildman–Crippen MR) is 94.4 cm³/mol. The lowest BCUT2D eigenvalue weighted by atomic mass is 10.3. The summed E-state index contributed by atoms with van der Waals surface area (Å²) >= 11 is 0. The molecule has 0 bridgehead atoms. The Bertz CT molecular complexity index is 773. The first-order valence-corrected chi connectivity index (χ1v) is 7.96. The molecule has 0 fully saturated rings. The second-order valence-electron chi connectivity index (χ2n) is 5.48. The molecule has 5 nitrogen and oxygen atoms in total. The van der Waals surface area contributed by atoms with Gasteiger partial charge in [0.25, 0.3) is 0 Å². The largest absolute Gasteiger partial charge is 0.506 e. The summed E-state index contributed by atoms with van der Waals surface area (Å²) in [5, 5.41) is 9.21. The molecule has 0 aliphatic rings. The number of ether oxygens (including phenoxy) is 3. The third kappa shape index (κ3) is 5.14. The summed E-state index contributed by atoms with van der Waals surface area (Å²) in [6.07, 6.45) is 1.16. The highest BCUT2D eigenvalue weighted by Crippen LogP contribution is 2.23. The van der Waals surface area contributed by atoms with E-state index in [1.54, 1.807) is 6.07 Å². The van der Waals surface area contributed by atoms with Gasteiger partial charge >= 0.3 is 0 Å². The molecular formula is C20H19NO4. The molecule has 1 unspecified atom stereocenters. The molecule has 0 amide bonds. The molecule has 128 valence electrons. The Balaban J connectivity index is 1.48. The normalized spacial score (nSPS) is 11.6.